The second-order valence-corrected chi connectivity index (χ2v) is 7.96. The Labute approximate surface area is 168 Å². The first-order chi connectivity index (χ1) is 13.3. The molecule has 7 heteroatoms. The minimum absolute atomic E-state index is 0.0413. The van der Waals surface area contributed by atoms with Crippen molar-refractivity contribution in [1.29, 1.82) is 0 Å². The van der Waals surface area contributed by atoms with Gasteiger partial charge < -0.3 is 25.4 Å². The van der Waals surface area contributed by atoms with Crippen LogP contribution in [0.1, 0.15) is 58.6 Å². The van der Waals surface area contributed by atoms with Crippen LogP contribution in [0, 0.1) is 0 Å². The van der Waals surface area contributed by atoms with Gasteiger partial charge in [0, 0.05) is 31.6 Å². The zero-order valence-corrected chi connectivity index (χ0v) is 17.7. The van der Waals surface area contributed by atoms with E-state index >= 15 is 0 Å². The Hall–Kier alpha value is -2.44. The molecular formula is C21H34N4O3. The molecule has 0 saturated heterocycles. The molecule has 156 valence electrons. The Kier molecular flexibility index (Phi) is 7.96. The van der Waals surface area contributed by atoms with Crippen molar-refractivity contribution in [2.75, 3.05) is 20.2 Å². The number of fused-ring (bicyclic) bond motifs is 1. The molecule has 2 unspecified atom stereocenters. The van der Waals surface area contributed by atoms with Gasteiger partial charge in [0.25, 0.3) is 0 Å². The van der Waals surface area contributed by atoms with Crippen LogP contribution in [-0.2, 0) is 4.74 Å². The number of nitrogens with zero attached hydrogens (tertiary/aromatic N) is 1. The molecule has 0 saturated carbocycles. The average Bonchev–Trinajstić information content (AvgIpc) is 2.63. The molecular weight excluding hydrogens is 356 g/mol. The van der Waals surface area contributed by atoms with Crippen LogP contribution in [0.25, 0.3) is 0 Å². The van der Waals surface area contributed by atoms with Crippen molar-refractivity contribution in [3.05, 3.63) is 29.8 Å². The summed E-state index contributed by atoms with van der Waals surface area (Å²) in [6.45, 7) is 8.91. The first-order valence-corrected chi connectivity index (χ1v) is 10.0. The second kappa shape index (κ2) is 10.2. The van der Waals surface area contributed by atoms with Crippen LogP contribution in [0.3, 0.4) is 0 Å². The summed E-state index contributed by atoms with van der Waals surface area (Å²) < 4.78 is 11.1. The number of alkyl carbamates (subject to hydrolysis) is 1. The van der Waals surface area contributed by atoms with Crippen molar-refractivity contribution < 1.29 is 14.3 Å². The lowest BCUT2D eigenvalue weighted by atomic mass is 10.0. The molecule has 0 aliphatic carbocycles. The van der Waals surface area contributed by atoms with E-state index in [1.165, 1.54) is 0 Å². The Morgan fingerprint density at radius 3 is 2.79 bits per heavy atom. The number of hydrogen-bond acceptors (Lipinski definition) is 4. The highest BCUT2D eigenvalue weighted by atomic mass is 16.6. The van der Waals surface area contributed by atoms with Crippen LogP contribution < -0.4 is 20.7 Å². The molecule has 1 amide bonds. The van der Waals surface area contributed by atoms with Crippen molar-refractivity contribution in [1.82, 2.24) is 16.0 Å². The summed E-state index contributed by atoms with van der Waals surface area (Å²) in [7, 11) is 1.75. The molecule has 2 rings (SSSR count). The Morgan fingerprint density at radius 1 is 1.36 bits per heavy atom. The maximum Gasteiger partial charge on any atom is 0.407 e. The highest BCUT2D eigenvalue weighted by Gasteiger charge is 2.23. The van der Waals surface area contributed by atoms with Gasteiger partial charge in [-0.1, -0.05) is 31.5 Å². The summed E-state index contributed by atoms with van der Waals surface area (Å²) in [6, 6.07) is 8.15. The van der Waals surface area contributed by atoms with E-state index in [1.54, 1.807) is 7.05 Å². The van der Waals surface area contributed by atoms with Gasteiger partial charge in [-0.25, -0.2) is 4.79 Å². The predicted molar refractivity (Wildman–Crippen MR) is 112 cm³/mol. The van der Waals surface area contributed by atoms with Gasteiger partial charge in [-0.3, -0.25) is 4.99 Å². The number of nitrogens with one attached hydrogen (secondary N) is 3. The standard InChI is InChI=1S/C21H34N4O3/c1-6-9-15(24-20(26)28-21(2,3)4)14-23-19(22-5)25-17-12-13-27-18-11-8-7-10-16(17)18/h7-8,10-11,15,17H,6,9,12-14H2,1-5H3,(H,24,26)(H2,22,23,25). The monoisotopic (exact) mass is 390 g/mol. The van der Waals surface area contributed by atoms with Crippen molar-refractivity contribution in [2.45, 2.75) is 64.6 Å². The molecule has 0 radical (unpaired) electrons. The van der Waals surface area contributed by atoms with Gasteiger partial charge in [0.2, 0.25) is 0 Å². The molecule has 28 heavy (non-hydrogen) atoms. The SMILES string of the molecule is CCCC(CNC(=NC)NC1CCOc2ccccc21)NC(=O)OC(C)(C)C. The fourth-order valence-electron chi connectivity index (χ4n) is 3.12. The summed E-state index contributed by atoms with van der Waals surface area (Å²) in [4.78, 5) is 16.4. The van der Waals surface area contributed by atoms with Crippen LogP contribution in [0.4, 0.5) is 4.79 Å². The number of rotatable bonds is 6. The molecule has 1 aliphatic rings. The fraction of sp³-hybridized carbons (Fsp3) is 0.619. The number of amides is 1. The normalized spacial score (nSPS) is 17.8. The molecule has 2 atom stereocenters. The quantitative estimate of drug-likeness (QED) is 0.512. The number of guanidine groups is 1. The Morgan fingerprint density at radius 2 is 2.11 bits per heavy atom. The topological polar surface area (TPSA) is 84.0 Å². The van der Waals surface area contributed by atoms with Crippen LogP contribution in [0.2, 0.25) is 0 Å². The highest BCUT2D eigenvalue weighted by molar-refractivity contribution is 5.80. The number of aliphatic imine (C=N–C) groups is 1. The van der Waals surface area contributed by atoms with Gasteiger partial charge in [0.15, 0.2) is 5.96 Å². The van der Waals surface area contributed by atoms with Crippen LogP contribution >= 0.6 is 0 Å². The number of benzene rings is 1. The van der Waals surface area contributed by atoms with Crippen LogP contribution in [0.5, 0.6) is 5.75 Å². The Balaban J connectivity index is 1.92. The van der Waals surface area contributed by atoms with E-state index in [0.29, 0.717) is 19.1 Å². The van der Waals surface area contributed by atoms with E-state index in [4.69, 9.17) is 9.47 Å². The third kappa shape index (κ3) is 6.94. The summed E-state index contributed by atoms with van der Waals surface area (Å²) in [6.07, 6.45) is 2.28. The maximum absolute atomic E-state index is 12.1. The highest BCUT2D eigenvalue weighted by Crippen LogP contribution is 2.31. The smallest absolute Gasteiger partial charge is 0.407 e. The molecule has 0 bridgehead atoms. The van der Waals surface area contributed by atoms with E-state index in [0.717, 1.165) is 30.6 Å². The van der Waals surface area contributed by atoms with Crippen molar-refractivity contribution in [3.63, 3.8) is 0 Å². The molecule has 1 heterocycles. The van der Waals surface area contributed by atoms with E-state index in [-0.39, 0.29) is 12.1 Å². The van der Waals surface area contributed by atoms with E-state index < -0.39 is 11.7 Å². The lowest BCUT2D eigenvalue weighted by Gasteiger charge is -2.29. The number of para-hydroxylation sites is 1. The van der Waals surface area contributed by atoms with E-state index in [9.17, 15) is 4.79 Å². The molecule has 1 aromatic carbocycles. The van der Waals surface area contributed by atoms with E-state index in [2.05, 4.69) is 33.9 Å². The average molecular weight is 391 g/mol. The molecule has 0 aromatic heterocycles. The van der Waals surface area contributed by atoms with Gasteiger partial charge in [0.1, 0.15) is 11.4 Å². The van der Waals surface area contributed by atoms with Crippen molar-refractivity contribution in [3.8, 4) is 5.75 Å². The molecule has 3 N–H and O–H groups in total. The van der Waals surface area contributed by atoms with Gasteiger partial charge in [-0.2, -0.15) is 0 Å². The molecule has 0 spiro atoms. The minimum atomic E-state index is -0.512. The minimum Gasteiger partial charge on any atom is -0.493 e. The first-order valence-electron chi connectivity index (χ1n) is 10.0. The number of ether oxygens (including phenoxy) is 2. The molecule has 1 aromatic rings. The van der Waals surface area contributed by atoms with Gasteiger partial charge in [0.05, 0.1) is 12.6 Å². The van der Waals surface area contributed by atoms with Crippen molar-refractivity contribution >= 4 is 12.1 Å². The number of hydrogen-bond donors (Lipinski definition) is 3. The third-order valence-electron chi connectivity index (χ3n) is 4.37. The van der Waals surface area contributed by atoms with E-state index in [1.807, 2.05) is 39.0 Å². The number of carbonyl (C=O) groups is 1. The largest absolute Gasteiger partial charge is 0.493 e. The zero-order chi connectivity index (χ0) is 20.6. The maximum atomic E-state index is 12.1. The van der Waals surface area contributed by atoms with Crippen molar-refractivity contribution in [2.24, 2.45) is 4.99 Å². The van der Waals surface area contributed by atoms with Gasteiger partial charge in [-0.05, 0) is 33.3 Å². The summed E-state index contributed by atoms with van der Waals surface area (Å²) in [5, 5.41) is 9.74. The molecule has 7 nitrogen and oxygen atoms in total. The summed E-state index contributed by atoms with van der Waals surface area (Å²) in [5.74, 6) is 1.62. The molecule has 1 aliphatic heterocycles. The van der Waals surface area contributed by atoms with Crippen LogP contribution in [0.15, 0.2) is 29.3 Å². The molecule has 0 fully saturated rings. The number of carbonyl (C=O) groups excluding carboxylic acids is 1. The van der Waals surface area contributed by atoms with Gasteiger partial charge >= 0.3 is 6.09 Å². The zero-order valence-electron chi connectivity index (χ0n) is 17.7. The summed E-state index contributed by atoms with van der Waals surface area (Å²) >= 11 is 0. The van der Waals surface area contributed by atoms with Crippen LogP contribution in [-0.4, -0.2) is 43.9 Å². The lowest BCUT2D eigenvalue weighted by Crippen LogP contribution is -2.49. The Bertz CT molecular complexity index is 670. The summed E-state index contributed by atoms with van der Waals surface area (Å²) in [5.41, 5.74) is 0.621. The fourth-order valence-corrected chi connectivity index (χ4v) is 3.12. The second-order valence-electron chi connectivity index (χ2n) is 7.96. The predicted octanol–water partition coefficient (Wildman–Crippen LogP) is 3.37. The lowest BCUT2D eigenvalue weighted by molar-refractivity contribution is 0.0502. The first kappa shape index (κ1) is 21.9. The van der Waals surface area contributed by atoms with Gasteiger partial charge in [-0.15, -0.1) is 0 Å². The third-order valence-corrected chi connectivity index (χ3v) is 4.37.